The van der Waals surface area contributed by atoms with Crippen LogP contribution in [0.2, 0.25) is 0 Å². The number of thioether (sulfide) groups is 1. The molecule has 128 valence electrons. The molecule has 0 saturated carbocycles. The molecule has 0 spiro atoms. The predicted octanol–water partition coefficient (Wildman–Crippen LogP) is 4.27. The molecule has 1 aliphatic rings. The van der Waals surface area contributed by atoms with Crippen LogP contribution in [0.25, 0.3) is 11.5 Å². The average molecular weight is 343 g/mol. The van der Waals surface area contributed by atoms with E-state index in [1.54, 1.807) is 6.20 Å². The fourth-order valence-corrected chi connectivity index (χ4v) is 4.29. The number of aromatic nitrogens is 3. The Labute approximate surface area is 149 Å². The highest BCUT2D eigenvalue weighted by Gasteiger charge is 2.22. The summed E-state index contributed by atoms with van der Waals surface area (Å²) >= 11 is 2.08. The summed E-state index contributed by atoms with van der Waals surface area (Å²) in [6.07, 6.45) is 5.66. The smallest absolute Gasteiger partial charge is 0.180 e. The van der Waals surface area contributed by atoms with E-state index in [2.05, 4.69) is 47.4 Å². The van der Waals surface area contributed by atoms with Crippen molar-refractivity contribution in [3.63, 3.8) is 0 Å². The molecule has 0 amide bonds. The first-order valence-corrected chi connectivity index (χ1v) is 9.87. The van der Waals surface area contributed by atoms with Gasteiger partial charge < -0.3 is 4.90 Å². The van der Waals surface area contributed by atoms with E-state index >= 15 is 0 Å². The number of hydrogen-bond donors (Lipinski definition) is 0. The van der Waals surface area contributed by atoms with Crippen LogP contribution >= 0.6 is 11.8 Å². The van der Waals surface area contributed by atoms with Crippen LogP contribution in [0.1, 0.15) is 37.4 Å². The Balaban J connectivity index is 1.95. The highest BCUT2D eigenvalue weighted by molar-refractivity contribution is 7.99. The van der Waals surface area contributed by atoms with Gasteiger partial charge in [-0.25, -0.2) is 9.97 Å². The molecular weight excluding hydrogens is 316 g/mol. The maximum atomic E-state index is 4.91. The molecule has 0 aromatic carbocycles. The van der Waals surface area contributed by atoms with Crippen molar-refractivity contribution >= 4 is 17.6 Å². The zero-order valence-electron chi connectivity index (χ0n) is 14.8. The van der Waals surface area contributed by atoms with Gasteiger partial charge in [-0.2, -0.15) is 11.8 Å². The molecule has 2 aromatic rings. The number of nitrogens with zero attached hydrogens (tertiary/aromatic N) is 4. The van der Waals surface area contributed by atoms with Crippen molar-refractivity contribution in [2.75, 3.05) is 23.7 Å². The van der Waals surface area contributed by atoms with Crippen molar-refractivity contribution in [3.8, 4) is 11.5 Å². The van der Waals surface area contributed by atoms with Crippen molar-refractivity contribution in [1.82, 2.24) is 15.0 Å². The van der Waals surface area contributed by atoms with E-state index in [0.29, 0.717) is 5.25 Å². The lowest BCUT2D eigenvalue weighted by Crippen LogP contribution is -2.31. The van der Waals surface area contributed by atoms with E-state index in [-0.39, 0.29) is 0 Å². The first kappa shape index (κ1) is 17.2. The second-order valence-corrected chi connectivity index (χ2v) is 7.89. The summed E-state index contributed by atoms with van der Waals surface area (Å²) < 4.78 is 0. The minimum Gasteiger partial charge on any atom is -0.355 e. The van der Waals surface area contributed by atoms with Gasteiger partial charge in [0, 0.05) is 35.8 Å². The lowest BCUT2D eigenvalue weighted by molar-refractivity contribution is 0.735. The molecule has 4 nitrogen and oxygen atoms in total. The van der Waals surface area contributed by atoms with E-state index < -0.39 is 0 Å². The molecule has 3 heterocycles. The van der Waals surface area contributed by atoms with Crippen LogP contribution in [-0.2, 0) is 0 Å². The summed E-state index contributed by atoms with van der Waals surface area (Å²) in [4.78, 5) is 16.5. The predicted molar refractivity (Wildman–Crippen MR) is 103 cm³/mol. The highest BCUT2D eigenvalue weighted by atomic mass is 32.2. The number of anilines is 1. The maximum absolute atomic E-state index is 4.91. The molecule has 1 aliphatic heterocycles. The molecule has 0 N–H and O–H groups in total. The lowest BCUT2D eigenvalue weighted by atomic mass is 10.2. The van der Waals surface area contributed by atoms with Crippen molar-refractivity contribution in [2.45, 2.75) is 45.3 Å². The fourth-order valence-electron chi connectivity index (χ4n) is 3.20. The summed E-state index contributed by atoms with van der Waals surface area (Å²) in [6, 6.07) is 5.89. The van der Waals surface area contributed by atoms with E-state index in [9.17, 15) is 0 Å². The molecule has 1 fully saturated rings. The van der Waals surface area contributed by atoms with Crippen LogP contribution in [0.4, 0.5) is 5.82 Å². The van der Waals surface area contributed by atoms with Crippen LogP contribution in [0, 0.1) is 13.8 Å². The van der Waals surface area contributed by atoms with Gasteiger partial charge in [0.15, 0.2) is 5.82 Å². The molecule has 3 rings (SSSR count). The molecule has 1 atom stereocenters. The molecule has 2 aromatic heterocycles. The normalized spacial score (nSPS) is 18.5. The second-order valence-electron chi connectivity index (χ2n) is 6.32. The zero-order chi connectivity index (χ0) is 16.9. The molecule has 1 saturated heterocycles. The van der Waals surface area contributed by atoms with Crippen LogP contribution in [-0.4, -0.2) is 39.0 Å². The molecule has 1 unspecified atom stereocenters. The molecule has 0 bridgehead atoms. The Morgan fingerprint density at radius 3 is 2.83 bits per heavy atom. The zero-order valence-corrected chi connectivity index (χ0v) is 15.6. The molecule has 0 aliphatic carbocycles. The Morgan fingerprint density at radius 1 is 1.21 bits per heavy atom. The van der Waals surface area contributed by atoms with Gasteiger partial charge >= 0.3 is 0 Å². The third kappa shape index (κ3) is 3.89. The largest absolute Gasteiger partial charge is 0.355 e. The summed E-state index contributed by atoms with van der Waals surface area (Å²) in [7, 11) is 0. The van der Waals surface area contributed by atoms with E-state index in [1.165, 1.54) is 30.6 Å². The van der Waals surface area contributed by atoms with Gasteiger partial charge in [0.1, 0.15) is 11.5 Å². The number of rotatable bonds is 4. The van der Waals surface area contributed by atoms with Crippen molar-refractivity contribution in [1.29, 1.82) is 0 Å². The quantitative estimate of drug-likeness (QED) is 0.830. The number of aryl methyl sites for hydroxylation is 1. The monoisotopic (exact) mass is 342 g/mol. The van der Waals surface area contributed by atoms with Crippen LogP contribution in [0.15, 0.2) is 24.4 Å². The number of pyridine rings is 1. The van der Waals surface area contributed by atoms with Gasteiger partial charge in [-0.3, -0.25) is 4.98 Å². The van der Waals surface area contributed by atoms with Crippen molar-refractivity contribution < 1.29 is 0 Å². The van der Waals surface area contributed by atoms with Crippen molar-refractivity contribution in [3.05, 3.63) is 35.7 Å². The second kappa shape index (κ2) is 7.97. The Bertz CT molecular complexity index is 675. The maximum Gasteiger partial charge on any atom is 0.180 e. The average Bonchev–Trinajstić information content (AvgIpc) is 2.84. The van der Waals surface area contributed by atoms with Crippen LogP contribution < -0.4 is 4.90 Å². The molecular formula is C19H26N4S. The van der Waals surface area contributed by atoms with Gasteiger partial charge in [0.2, 0.25) is 0 Å². The van der Waals surface area contributed by atoms with E-state index in [0.717, 1.165) is 36.1 Å². The van der Waals surface area contributed by atoms with Crippen LogP contribution in [0.3, 0.4) is 0 Å². The summed E-state index contributed by atoms with van der Waals surface area (Å²) in [5.74, 6) is 3.00. The van der Waals surface area contributed by atoms with E-state index in [1.807, 2.05) is 18.2 Å². The van der Waals surface area contributed by atoms with E-state index in [4.69, 9.17) is 4.98 Å². The molecule has 24 heavy (non-hydrogen) atoms. The number of hydrogen-bond acceptors (Lipinski definition) is 5. The van der Waals surface area contributed by atoms with Gasteiger partial charge in [-0.05, 0) is 44.6 Å². The fraction of sp³-hybridized carbons (Fsp3) is 0.526. The Morgan fingerprint density at radius 2 is 2.08 bits per heavy atom. The third-order valence-corrected chi connectivity index (χ3v) is 5.78. The first-order valence-electron chi connectivity index (χ1n) is 8.82. The van der Waals surface area contributed by atoms with Gasteiger partial charge in [0.25, 0.3) is 0 Å². The van der Waals surface area contributed by atoms with Crippen molar-refractivity contribution in [2.24, 2.45) is 0 Å². The Hall–Kier alpha value is -1.62. The minimum absolute atomic E-state index is 0.700. The van der Waals surface area contributed by atoms with Gasteiger partial charge in [-0.1, -0.05) is 19.4 Å². The lowest BCUT2D eigenvalue weighted by Gasteiger charge is -2.27. The summed E-state index contributed by atoms with van der Waals surface area (Å²) in [6.45, 7) is 8.62. The minimum atomic E-state index is 0.700. The highest BCUT2D eigenvalue weighted by Crippen LogP contribution is 2.29. The summed E-state index contributed by atoms with van der Waals surface area (Å²) in [5, 5.41) is 0.700. The Kier molecular flexibility index (Phi) is 5.72. The van der Waals surface area contributed by atoms with Crippen LogP contribution in [0.5, 0.6) is 0 Å². The SMILES string of the molecule is CCSC1CCCCN(c2nc(-c3ccccn3)nc(C)c2C)C1. The first-order chi connectivity index (χ1) is 11.7. The topological polar surface area (TPSA) is 41.9 Å². The molecule has 0 radical (unpaired) electrons. The molecule has 5 heteroatoms. The summed E-state index contributed by atoms with van der Waals surface area (Å²) in [5.41, 5.74) is 3.08. The van der Waals surface area contributed by atoms with Gasteiger partial charge in [0.05, 0.1) is 0 Å². The standard InChI is InChI=1S/C19H26N4S/c1-4-24-16-9-6-8-12-23(13-16)19-14(2)15(3)21-18(22-19)17-10-5-7-11-20-17/h5,7,10-11,16H,4,6,8-9,12-13H2,1-3H3. The van der Waals surface area contributed by atoms with Gasteiger partial charge in [-0.15, -0.1) is 0 Å². The third-order valence-electron chi connectivity index (χ3n) is 4.59.